The Kier molecular flexibility index (Phi) is 4.67. The number of fused-ring (bicyclic) bond motifs is 1. The van der Waals surface area contributed by atoms with E-state index in [-0.39, 0.29) is 5.91 Å². The summed E-state index contributed by atoms with van der Waals surface area (Å²) in [6.45, 7) is 0.411. The Labute approximate surface area is 158 Å². The van der Waals surface area contributed by atoms with E-state index >= 15 is 0 Å². The fraction of sp³-hybridized carbons (Fsp3) is 0.273. The van der Waals surface area contributed by atoms with Gasteiger partial charge < -0.3 is 14.8 Å². The largest absolute Gasteiger partial charge is 0.493 e. The first-order chi connectivity index (χ1) is 13.2. The lowest BCUT2D eigenvalue weighted by molar-refractivity contribution is 0.0952. The third-order valence-electron chi connectivity index (χ3n) is 4.88. The van der Waals surface area contributed by atoms with Crippen LogP contribution >= 0.6 is 0 Å². The zero-order valence-electron chi connectivity index (χ0n) is 15.5. The van der Waals surface area contributed by atoms with Crippen LogP contribution in [0.5, 0.6) is 11.5 Å². The van der Waals surface area contributed by atoms with Gasteiger partial charge in [-0.25, -0.2) is 0 Å². The van der Waals surface area contributed by atoms with Gasteiger partial charge in [-0.3, -0.25) is 9.78 Å². The minimum absolute atomic E-state index is 0.0923. The summed E-state index contributed by atoms with van der Waals surface area (Å²) in [6.07, 6.45) is 2.30. The summed E-state index contributed by atoms with van der Waals surface area (Å²) in [6, 6.07) is 15.4. The molecule has 27 heavy (non-hydrogen) atoms. The molecule has 1 saturated carbocycles. The number of rotatable bonds is 6. The van der Waals surface area contributed by atoms with Crippen molar-refractivity contribution in [3.63, 3.8) is 0 Å². The van der Waals surface area contributed by atoms with E-state index < -0.39 is 0 Å². The molecule has 5 heteroatoms. The number of carbonyl (C=O) groups is 1. The molecule has 1 heterocycles. The molecular weight excluding hydrogens is 340 g/mol. The minimum atomic E-state index is -0.0923. The number of ether oxygens (including phenoxy) is 2. The van der Waals surface area contributed by atoms with E-state index in [1.165, 1.54) is 0 Å². The molecule has 3 aromatic rings. The van der Waals surface area contributed by atoms with Crippen LogP contribution in [0.15, 0.2) is 48.5 Å². The summed E-state index contributed by atoms with van der Waals surface area (Å²) in [5.41, 5.74) is 3.52. The monoisotopic (exact) mass is 362 g/mol. The summed E-state index contributed by atoms with van der Waals surface area (Å²) in [7, 11) is 3.20. The summed E-state index contributed by atoms with van der Waals surface area (Å²) in [4.78, 5) is 17.6. The molecule has 1 aliphatic rings. The molecule has 0 aliphatic heterocycles. The Morgan fingerprint density at radius 2 is 1.85 bits per heavy atom. The second kappa shape index (κ2) is 7.27. The third kappa shape index (κ3) is 3.58. The SMILES string of the molecule is COc1ccc(CNC(=O)c2cc(C3CC3)nc3ccccc23)cc1OC. The molecule has 1 N–H and O–H groups in total. The van der Waals surface area contributed by atoms with Crippen molar-refractivity contribution >= 4 is 16.8 Å². The van der Waals surface area contributed by atoms with Gasteiger partial charge in [0.05, 0.1) is 25.3 Å². The lowest BCUT2D eigenvalue weighted by Gasteiger charge is -2.12. The number of benzene rings is 2. The molecule has 138 valence electrons. The molecule has 0 saturated heterocycles. The second-order valence-electron chi connectivity index (χ2n) is 6.76. The highest BCUT2D eigenvalue weighted by Gasteiger charge is 2.26. The van der Waals surface area contributed by atoms with E-state index in [1.54, 1.807) is 14.2 Å². The first-order valence-corrected chi connectivity index (χ1v) is 9.08. The molecular formula is C22H22N2O3. The van der Waals surface area contributed by atoms with Crippen LogP contribution in [-0.4, -0.2) is 25.1 Å². The van der Waals surface area contributed by atoms with E-state index in [9.17, 15) is 4.79 Å². The van der Waals surface area contributed by atoms with Gasteiger partial charge in [-0.15, -0.1) is 0 Å². The highest BCUT2D eigenvalue weighted by atomic mass is 16.5. The van der Waals surface area contributed by atoms with Crippen molar-refractivity contribution in [2.24, 2.45) is 0 Å². The fourth-order valence-corrected chi connectivity index (χ4v) is 3.24. The Morgan fingerprint density at radius 3 is 2.59 bits per heavy atom. The summed E-state index contributed by atoms with van der Waals surface area (Å²) >= 11 is 0. The number of methoxy groups -OCH3 is 2. The molecule has 0 bridgehead atoms. The zero-order chi connectivity index (χ0) is 18.8. The van der Waals surface area contributed by atoms with Gasteiger partial charge in [0.2, 0.25) is 0 Å². The summed E-state index contributed by atoms with van der Waals surface area (Å²) in [5.74, 6) is 1.72. The van der Waals surface area contributed by atoms with E-state index in [4.69, 9.17) is 14.5 Å². The summed E-state index contributed by atoms with van der Waals surface area (Å²) < 4.78 is 10.6. The molecule has 0 unspecified atom stereocenters. The van der Waals surface area contributed by atoms with Crippen molar-refractivity contribution in [2.75, 3.05) is 14.2 Å². The van der Waals surface area contributed by atoms with Crippen molar-refractivity contribution in [1.29, 1.82) is 0 Å². The summed E-state index contributed by atoms with van der Waals surface area (Å²) in [5, 5.41) is 3.90. The number of para-hydroxylation sites is 1. The second-order valence-corrected chi connectivity index (χ2v) is 6.76. The number of nitrogens with one attached hydrogen (secondary N) is 1. The molecule has 1 aliphatic carbocycles. The molecule has 4 rings (SSSR count). The minimum Gasteiger partial charge on any atom is -0.493 e. The highest BCUT2D eigenvalue weighted by molar-refractivity contribution is 6.06. The van der Waals surface area contributed by atoms with Gasteiger partial charge in [0, 0.05) is 23.5 Å². The fourth-order valence-electron chi connectivity index (χ4n) is 3.24. The third-order valence-corrected chi connectivity index (χ3v) is 4.88. The van der Waals surface area contributed by atoms with Crippen LogP contribution in [0.2, 0.25) is 0 Å². The Bertz CT molecular complexity index is 996. The number of amides is 1. The Hall–Kier alpha value is -3.08. The van der Waals surface area contributed by atoms with Crippen LogP contribution in [0.3, 0.4) is 0 Å². The number of carbonyl (C=O) groups excluding carboxylic acids is 1. The van der Waals surface area contributed by atoms with Gasteiger partial charge in [0.25, 0.3) is 5.91 Å². The van der Waals surface area contributed by atoms with Gasteiger partial charge in [0.15, 0.2) is 11.5 Å². The molecule has 0 radical (unpaired) electrons. The smallest absolute Gasteiger partial charge is 0.252 e. The first kappa shape index (κ1) is 17.3. The maximum Gasteiger partial charge on any atom is 0.252 e. The molecule has 1 amide bonds. The van der Waals surface area contributed by atoms with Crippen molar-refractivity contribution in [3.8, 4) is 11.5 Å². The molecule has 1 aromatic heterocycles. The van der Waals surface area contributed by atoms with Crippen LogP contribution in [0.1, 0.15) is 40.4 Å². The van der Waals surface area contributed by atoms with Crippen LogP contribution in [0.25, 0.3) is 10.9 Å². The lowest BCUT2D eigenvalue weighted by Crippen LogP contribution is -2.23. The van der Waals surface area contributed by atoms with Crippen LogP contribution in [0.4, 0.5) is 0 Å². The number of hydrogen-bond donors (Lipinski definition) is 1. The highest BCUT2D eigenvalue weighted by Crippen LogP contribution is 2.40. The zero-order valence-corrected chi connectivity index (χ0v) is 15.5. The maximum absolute atomic E-state index is 12.9. The molecule has 2 aromatic carbocycles. The van der Waals surface area contributed by atoms with Crippen LogP contribution in [0, 0.1) is 0 Å². The quantitative estimate of drug-likeness (QED) is 0.718. The number of pyridine rings is 1. The van der Waals surface area contributed by atoms with Gasteiger partial charge in [0.1, 0.15) is 0 Å². The van der Waals surface area contributed by atoms with Gasteiger partial charge in [-0.2, -0.15) is 0 Å². The predicted molar refractivity (Wildman–Crippen MR) is 104 cm³/mol. The van der Waals surface area contributed by atoms with E-state index in [0.29, 0.717) is 29.5 Å². The topological polar surface area (TPSA) is 60.5 Å². The molecule has 0 atom stereocenters. The van der Waals surface area contributed by atoms with Crippen molar-refractivity contribution < 1.29 is 14.3 Å². The van der Waals surface area contributed by atoms with Crippen LogP contribution < -0.4 is 14.8 Å². The van der Waals surface area contributed by atoms with Gasteiger partial charge in [-0.1, -0.05) is 24.3 Å². The molecule has 5 nitrogen and oxygen atoms in total. The average Bonchev–Trinajstić information content (AvgIpc) is 3.56. The van der Waals surface area contributed by atoms with Gasteiger partial charge >= 0.3 is 0 Å². The number of hydrogen-bond acceptors (Lipinski definition) is 4. The number of nitrogens with zero attached hydrogens (tertiary/aromatic N) is 1. The van der Waals surface area contributed by atoms with E-state index in [0.717, 1.165) is 35.0 Å². The van der Waals surface area contributed by atoms with Crippen molar-refractivity contribution in [1.82, 2.24) is 10.3 Å². The van der Waals surface area contributed by atoms with E-state index in [2.05, 4.69) is 5.32 Å². The standard InChI is InChI=1S/C22H22N2O3/c1-26-20-10-7-14(11-21(20)27-2)13-23-22(25)17-12-19(15-8-9-15)24-18-6-4-3-5-16(17)18/h3-7,10-12,15H,8-9,13H2,1-2H3,(H,23,25). The van der Waals surface area contributed by atoms with Crippen molar-refractivity contribution in [2.45, 2.75) is 25.3 Å². The normalized spacial score (nSPS) is 13.4. The molecule has 0 spiro atoms. The average molecular weight is 362 g/mol. The Balaban J connectivity index is 1.58. The van der Waals surface area contributed by atoms with Gasteiger partial charge in [-0.05, 0) is 42.7 Å². The molecule has 1 fully saturated rings. The predicted octanol–water partition coefficient (Wildman–Crippen LogP) is 4.06. The van der Waals surface area contributed by atoms with Crippen LogP contribution in [-0.2, 0) is 6.54 Å². The van der Waals surface area contributed by atoms with E-state index in [1.807, 2.05) is 48.5 Å². The first-order valence-electron chi connectivity index (χ1n) is 9.08. The Morgan fingerprint density at radius 1 is 1.07 bits per heavy atom. The van der Waals surface area contributed by atoms with Crippen molar-refractivity contribution in [3.05, 3.63) is 65.4 Å². The number of aromatic nitrogens is 1. The lowest BCUT2D eigenvalue weighted by atomic mass is 10.1. The maximum atomic E-state index is 12.9.